The molecule has 4 nitrogen and oxygen atoms in total. The van der Waals surface area contributed by atoms with Gasteiger partial charge in [0.05, 0.1) is 12.7 Å². The van der Waals surface area contributed by atoms with E-state index in [2.05, 4.69) is 11.9 Å². The Kier molecular flexibility index (Phi) is 3.87. The number of anilines is 1. The van der Waals surface area contributed by atoms with Gasteiger partial charge in [-0.3, -0.25) is 0 Å². The van der Waals surface area contributed by atoms with Crippen LogP contribution < -0.4 is 5.73 Å². The number of rotatable bonds is 2. The molecule has 4 heteroatoms. The summed E-state index contributed by atoms with van der Waals surface area (Å²) in [6.45, 7) is 2.13. The van der Waals surface area contributed by atoms with Crippen LogP contribution in [0, 0.1) is 0 Å². The molecule has 0 aromatic heterocycles. The molecule has 2 rings (SSSR count). The van der Waals surface area contributed by atoms with Gasteiger partial charge in [-0.25, -0.2) is 4.79 Å². The Bertz CT molecular complexity index is 437. The highest BCUT2D eigenvalue weighted by Gasteiger charge is 2.23. The minimum Gasteiger partial charge on any atom is -0.465 e. The van der Waals surface area contributed by atoms with E-state index in [1.807, 2.05) is 12.1 Å². The molecule has 0 bridgehead atoms. The third kappa shape index (κ3) is 2.64. The number of piperidine rings is 1. The molecule has 0 amide bonds. The summed E-state index contributed by atoms with van der Waals surface area (Å²) >= 11 is 0. The fourth-order valence-corrected chi connectivity index (χ4v) is 2.54. The van der Waals surface area contributed by atoms with Gasteiger partial charge in [-0.15, -0.1) is 0 Å². The van der Waals surface area contributed by atoms with Crippen LogP contribution in [0.4, 0.5) is 5.69 Å². The van der Waals surface area contributed by atoms with Crippen molar-refractivity contribution in [2.45, 2.75) is 18.8 Å². The summed E-state index contributed by atoms with van der Waals surface area (Å²) in [6, 6.07) is 5.55. The number of hydrogen-bond acceptors (Lipinski definition) is 4. The molecule has 1 aromatic rings. The number of likely N-dealkylation sites (tertiary alicyclic amines) is 1. The quantitative estimate of drug-likeness (QED) is 0.641. The third-order valence-corrected chi connectivity index (χ3v) is 3.64. The molecule has 0 aliphatic carbocycles. The molecule has 1 aliphatic heterocycles. The van der Waals surface area contributed by atoms with Crippen LogP contribution in [0.2, 0.25) is 0 Å². The first-order valence-corrected chi connectivity index (χ1v) is 6.28. The van der Waals surface area contributed by atoms with Crippen LogP contribution in [0.1, 0.15) is 34.7 Å². The normalized spacial score (nSPS) is 17.7. The third-order valence-electron chi connectivity index (χ3n) is 3.64. The Morgan fingerprint density at radius 3 is 2.67 bits per heavy atom. The lowest BCUT2D eigenvalue weighted by Gasteiger charge is -2.30. The van der Waals surface area contributed by atoms with E-state index in [4.69, 9.17) is 10.5 Å². The predicted octanol–water partition coefficient (Wildman–Crippen LogP) is 1.86. The second-order valence-electron chi connectivity index (χ2n) is 4.92. The maximum atomic E-state index is 11.8. The zero-order valence-electron chi connectivity index (χ0n) is 11.0. The van der Waals surface area contributed by atoms with E-state index in [1.165, 1.54) is 7.11 Å². The average Bonchev–Trinajstić information content (AvgIpc) is 2.39. The van der Waals surface area contributed by atoms with E-state index in [0.717, 1.165) is 31.5 Å². The van der Waals surface area contributed by atoms with Crippen LogP contribution in [0.25, 0.3) is 0 Å². The van der Waals surface area contributed by atoms with Gasteiger partial charge in [0.2, 0.25) is 0 Å². The van der Waals surface area contributed by atoms with Gasteiger partial charge in [-0.2, -0.15) is 0 Å². The molecule has 0 spiro atoms. The van der Waals surface area contributed by atoms with E-state index in [0.29, 0.717) is 17.2 Å². The Morgan fingerprint density at radius 2 is 2.06 bits per heavy atom. The van der Waals surface area contributed by atoms with Gasteiger partial charge < -0.3 is 15.4 Å². The number of nitrogens with two attached hydrogens (primary N) is 1. The highest BCUT2D eigenvalue weighted by molar-refractivity contribution is 5.92. The van der Waals surface area contributed by atoms with Crippen LogP contribution in [0.15, 0.2) is 18.2 Å². The number of methoxy groups -OCH3 is 1. The second-order valence-corrected chi connectivity index (χ2v) is 4.92. The lowest BCUT2D eigenvalue weighted by atomic mass is 9.86. The van der Waals surface area contributed by atoms with Gasteiger partial charge in [-0.1, -0.05) is 6.07 Å². The van der Waals surface area contributed by atoms with Crippen molar-refractivity contribution in [3.8, 4) is 0 Å². The molecule has 0 unspecified atom stereocenters. The van der Waals surface area contributed by atoms with Crippen LogP contribution in [0.5, 0.6) is 0 Å². The zero-order chi connectivity index (χ0) is 13.1. The highest BCUT2D eigenvalue weighted by Crippen LogP contribution is 2.31. The molecule has 98 valence electrons. The topological polar surface area (TPSA) is 55.6 Å². The summed E-state index contributed by atoms with van der Waals surface area (Å²) in [4.78, 5) is 14.1. The predicted molar refractivity (Wildman–Crippen MR) is 71.7 cm³/mol. The van der Waals surface area contributed by atoms with Gasteiger partial charge in [-0.05, 0) is 56.6 Å². The van der Waals surface area contributed by atoms with Crippen LogP contribution in [-0.2, 0) is 4.74 Å². The first-order chi connectivity index (χ1) is 8.61. The van der Waals surface area contributed by atoms with Gasteiger partial charge in [0.1, 0.15) is 0 Å². The number of nitrogens with zero attached hydrogens (tertiary/aromatic N) is 1. The smallest absolute Gasteiger partial charge is 0.338 e. The minimum atomic E-state index is -0.295. The van der Waals surface area contributed by atoms with E-state index in [1.54, 1.807) is 6.07 Å². The van der Waals surface area contributed by atoms with Crippen molar-refractivity contribution in [3.63, 3.8) is 0 Å². The average molecular weight is 248 g/mol. The number of esters is 1. The molecule has 1 heterocycles. The summed E-state index contributed by atoms with van der Waals surface area (Å²) in [5.74, 6) is 0.132. The van der Waals surface area contributed by atoms with Crippen molar-refractivity contribution >= 4 is 11.7 Å². The van der Waals surface area contributed by atoms with Crippen molar-refractivity contribution in [1.82, 2.24) is 4.90 Å². The number of nitrogen functional groups attached to an aromatic ring is 1. The summed E-state index contributed by atoms with van der Waals surface area (Å²) in [7, 11) is 3.53. The van der Waals surface area contributed by atoms with Crippen molar-refractivity contribution < 1.29 is 9.53 Å². The second kappa shape index (κ2) is 5.40. The number of carbonyl (C=O) groups is 1. The molecule has 1 fully saturated rings. The maximum Gasteiger partial charge on any atom is 0.338 e. The lowest BCUT2D eigenvalue weighted by Crippen LogP contribution is -2.29. The standard InChI is InChI=1S/C14H20N2O2/c1-16-7-5-10(6-8-16)12-4-3-11(15)9-13(12)14(17)18-2/h3-4,9-10H,5-8,15H2,1-2H3. The SMILES string of the molecule is COC(=O)c1cc(N)ccc1C1CCN(C)CC1. The number of benzene rings is 1. The molecule has 0 atom stereocenters. The monoisotopic (exact) mass is 248 g/mol. The summed E-state index contributed by atoms with van der Waals surface area (Å²) in [6.07, 6.45) is 2.15. The largest absolute Gasteiger partial charge is 0.465 e. The van der Waals surface area contributed by atoms with E-state index in [9.17, 15) is 4.79 Å². The molecule has 18 heavy (non-hydrogen) atoms. The Balaban J connectivity index is 2.29. The van der Waals surface area contributed by atoms with E-state index >= 15 is 0 Å². The summed E-state index contributed by atoms with van der Waals surface area (Å²) in [5.41, 5.74) is 8.05. The molecule has 1 aromatic carbocycles. The molecular formula is C14H20N2O2. The highest BCUT2D eigenvalue weighted by atomic mass is 16.5. The Labute approximate surface area is 108 Å². The first-order valence-electron chi connectivity index (χ1n) is 6.28. The van der Waals surface area contributed by atoms with Crippen LogP contribution >= 0.6 is 0 Å². The van der Waals surface area contributed by atoms with E-state index < -0.39 is 0 Å². The zero-order valence-corrected chi connectivity index (χ0v) is 11.0. The molecule has 1 aliphatic rings. The van der Waals surface area contributed by atoms with Crippen molar-refractivity contribution in [2.24, 2.45) is 0 Å². The molecule has 0 saturated carbocycles. The molecule has 1 saturated heterocycles. The van der Waals surface area contributed by atoms with E-state index in [-0.39, 0.29) is 5.97 Å². The minimum absolute atomic E-state index is 0.295. The van der Waals surface area contributed by atoms with Gasteiger partial charge in [0, 0.05) is 5.69 Å². The fraction of sp³-hybridized carbons (Fsp3) is 0.500. The summed E-state index contributed by atoms with van der Waals surface area (Å²) in [5, 5.41) is 0. The van der Waals surface area contributed by atoms with Crippen LogP contribution in [-0.4, -0.2) is 38.1 Å². The van der Waals surface area contributed by atoms with Crippen LogP contribution in [0.3, 0.4) is 0 Å². The van der Waals surface area contributed by atoms with Crippen molar-refractivity contribution in [2.75, 3.05) is 33.0 Å². The number of hydrogen-bond donors (Lipinski definition) is 1. The van der Waals surface area contributed by atoms with Crippen molar-refractivity contribution in [1.29, 1.82) is 0 Å². The van der Waals surface area contributed by atoms with Crippen molar-refractivity contribution in [3.05, 3.63) is 29.3 Å². The Morgan fingerprint density at radius 1 is 1.39 bits per heavy atom. The summed E-state index contributed by atoms with van der Waals surface area (Å²) < 4.78 is 4.84. The Hall–Kier alpha value is -1.55. The van der Waals surface area contributed by atoms with Gasteiger partial charge in [0.15, 0.2) is 0 Å². The molecule has 2 N–H and O–H groups in total. The maximum absolute atomic E-state index is 11.8. The lowest BCUT2D eigenvalue weighted by molar-refractivity contribution is 0.0598. The first kappa shape index (κ1) is 12.9. The number of carbonyl (C=O) groups excluding carboxylic acids is 1. The van der Waals surface area contributed by atoms with Gasteiger partial charge in [0.25, 0.3) is 0 Å². The molecule has 0 radical (unpaired) electrons. The molecular weight excluding hydrogens is 228 g/mol. The fourth-order valence-electron chi connectivity index (χ4n) is 2.54. The van der Waals surface area contributed by atoms with Gasteiger partial charge >= 0.3 is 5.97 Å². The number of ether oxygens (including phenoxy) is 1.